The molecule has 4 rings (SSSR count). The number of H-pyrrole nitrogens is 1. The lowest BCUT2D eigenvalue weighted by Crippen LogP contribution is -2.54. The van der Waals surface area contributed by atoms with E-state index in [9.17, 15) is 10.2 Å². The number of nitrogens with one attached hydrogen (secondary N) is 2. The Morgan fingerprint density at radius 2 is 1.92 bits per heavy atom. The van der Waals surface area contributed by atoms with Crippen molar-refractivity contribution in [3.8, 4) is 0 Å². The number of hydrogen-bond acceptors (Lipinski definition) is 5. The third-order valence-electron chi connectivity index (χ3n) is 5.90. The van der Waals surface area contributed by atoms with Crippen molar-refractivity contribution in [1.82, 2.24) is 20.2 Å². The molecular weight excluding hydrogens is 316 g/mol. The van der Waals surface area contributed by atoms with Gasteiger partial charge < -0.3 is 25.4 Å². The molecule has 0 amide bonds. The number of fused-ring (bicyclic) bond motifs is 1. The Kier molecular flexibility index (Phi) is 4.78. The molecule has 6 nitrogen and oxygen atoms in total. The molecule has 0 aliphatic carbocycles. The quantitative estimate of drug-likeness (QED) is 0.670. The summed E-state index contributed by atoms with van der Waals surface area (Å²) in [4.78, 5) is 10.5. The van der Waals surface area contributed by atoms with Gasteiger partial charge in [-0.3, -0.25) is 0 Å². The van der Waals surface area contributed by atoms with E-state index < -0.39 is 11.7 Å². The number of aliphatic hydroxyl groups excluding tert-OH is 1. The number of aliphatic hydroxyl groups is 2. The number of rotatable bonds is 4. The molecule has 3 heterocycles. The molecule has 0 spiro atoms. The smallest absolute Gasteiger partial charge is 0.110 e. The Morgan fingerprint density at radius 1 is 1.20 bits per heavy atom. The van der Waals surface area contributed by atoms with Gasteiger partial charge in [-0.1, -0.05) is 12.1 Å². The summed E-state index contributed by atoms with van der Waals surface area (Å²) in [6, 6.07) is 8.15. The standard InChI is InChI=1S/C19H28N4O2/c24-17(19(25)7-9-20-10-8-19)13-23-11-5-14(6-12-23)18-21-15-3-1-2-4-16(15)22-18/h1-4,14,17,20,24-25H,5-13H2,(H,21,22). The molecule has 1 unspecified atom stereocenters. The molecule has 2 aromatic rings. The number of aromatic amines is 1. The highest BCUT2D eigenvalue weighted by molar-refractivity contribution is 5.74. The van der Waals surface area contributed by atoms with E-state index in [2.05, 4.69) is 21.3 Å². The Balaban J connectivity index is 1.33. The summed E-state index contributed by atoms with van der Waals surface area (Å²) in [7, 11) is 0. The van der Waals surface area contributed by atoms with Gasteiger partial charge in [0.15, 0.2) is 0 Å². The van der Waals surface area contributed by atoms with Gasteiger partial charge in [0.1, 0.15) is 5.82 Å². The SMILES string of the molecule is OC(CN1CCC(c2nc3ccccc3[nH]2)CC1)C1(O)CCNCC1. The van der Waals surface area contributed by atoms with E-state index in [-0.39, 0.29) is 0 Å². The number of benzene rings is 1. The number of piperidine rings is 2. The molecule has 25 heavy (non-hydrogen) atoms. The number of β-amino-alcohol motifs (C(OH)–C–C–N with tert-alkyl or cyclic N) is 1. The van der Waals surface area contributed by atoms with Crippen molar-refractivity contribution in [3.05, 3.63) is 30.1 Å². The predicted molar refractivity (Wildman–Crippen MR) is 97.6 cm³/mol. The van der Waals surface area contributed by atoms with Gasteiger partial charge in [0.2, 0.25) is 0 Å². The highest BCUT2D eigenvalue weighted by Crippen LogP contribution is 2.29. The Bertz CT molecular complexity index is 669. The maximum absolute atomic E-state index is 10.6. The van der Waals surface area contributed by atoms with E-state index in [4.69, 9.17) is 4.98 Å². The fraction of sp³-hybridized carbons (Fsp3) is 0.632. The van der Waals surface area contributed by atoms with Gasteiger partial charge in [0.05, 0.1) is 22.7 Å². The van der Waals surface area contributed by atoms with E-state index in [0.29, 0.717) is 25.3 Å². The van der Waals surface area contributed by atoms with Crippen molar-refractivity contribution in [2.24, 2.45) is 0 Å². The average molecular weight is 344 g/mol. The normalized spacial score (nSPS) is 23.8. The second kappa shape index (κ2) is 7.03. The zero-order valence-corrected chi connectivity index (χ0v) is 14.6. The second-order valence-corrected chi connectivity index (χ2v) is 7.58. The summed E-state index contributed by atoms with van der Waals surface area (Å²) in [5, 5.41) is 24.4. The lowest BCUT2D eigenvalue weighted by molar-refractivity contribution is -0.104. The molecule has 2 aliphatic heterocycles. The summed E-state index contributed by atoms with van der Waals surface area (Å²) in [5.74, 6) is 1.53. The van der Waals surface area contributed by atoms with E-state index >= 15 is 0 Å². The molecule has 136 valence electrons. The van der Waals surface area contributed by atoms with Crippen LogP contribution in [-0.2, 0) is 0 Å². The van der Waals surface area contributed by atoms with Crippen LogP contribution in [0.2, 0.25) is 0 Å². The van der Waals surface area contributed by atoms with E-state index in [0.717, 1.165) is 55.9 Å². The molecule has 0 radical (unpaired) electrons. The number of aromatic nitrogens is 2. The number of imidazole rings is 1. The molecule has 1 atom stereocenters. The van der Waals surface area contributed by atoms with Crippen LogP contribution in [0.3, 0.4) is 0 Å². The van der Waals surface area contributed by atoms with Crippen LogP contribution in [0.15, 0.2) is 24.3 Å². The minimum atomic E-state index is -0.930. The van der Waals surface area contributed by atoms with Gasteiger partial charge in [0.25, 0.3) is 0 Å². The fourth-order valence-corrected chi connectivity index (χ4v) is 4.16. The van der Waals surface area contributed by atoms with Crippen molar-refractivity contribution in [2.75, 3.05) is 32.7 Å². The van der Waals surface area contributed by atoms with Crippen LogP contribution >= 0.6 is 0 Å². The number of hydrogen-bond donors (Lipinski definition) is 4. The molecular formula is C19H28N4O2. The lowest BCUT2D eigenvalue weighted by atomic mass is 9.86. The summed E-state index contributed by atoms with van der Waals surface area (Å²) in [5.41, 5.74) is 1.20. The maximum atomic E-state index is 10.6. The topological polar surface area (TPSA) is 84.4 Å². The van der Waals surface area contributed by atoms with Crippen LogP contribution in [0.25, 0.3) is 11.0 Å². The zero-order chi connectivity index (χ0) is 17.3. The second-order valence-electron chi connectivity index (χ2n) is 7.58. The zero-order valence-electron chi connectivity index (χ0n) is 14.6. The molecule has 1 aromatic heterocycles. The first-order valence-corrected chi connectivity index (χ1v) is 9.42. The van der Waals surface area contributed by atoms with Crippen molar-refractivity contribution in [2.45, 2.75) is 43.3 Å². The minimum Gasteiger partial charge on any atom is -0.389 e. The average Bonchev–Trinajstić information content (AvgIpc) is 3.07. The monoisotopic (exact) mass is 344 g/mol. The van der Waals surface area contributed by atoms with E-state index in [1.54, 1.807) is 0 Å². The molecule has 2 aliphatic rings. The Hall–Kier alpha value is -1.47. The Morgan fingerprint density at radius 3 is 2.64 bits per heavy atom. The van der Waals surface area contributed by atoms with Crippen LogP contribution < -0.4 is 5.32 Å². The molecule has 1 aromatic carbocycles. The van der Waals surface area contributed by atoms with E-state index in [1.165, 1.54) is 0 Å². The summed E-state index contributed by atoms with van der Waals surface area (Å²) >= 11 is 0. The molecule has 6 heteroatoms. The first-order chi connectivity index (χ1) is 12.1. The van der Waals surface area contributed by atoms with Gasteiger partial charge in [0, 0.05) is 12.5 Å². The van der Waals surface area contributed by atoms with Crippen LogP contribution in [0.5, 0.6) is 0 Å². The van der Waals surface area contributed by atoms with Crippen molar-refractivity contribution >= 4 is 11.0 Å². The van der Waals surface area contributed by atoms with Gasteiger partial charge >= 0.3 is 0 Å². The van der Waals surface area contributed by atoms with Crippen LogP contribution in [0, 0.1) is 0 Å². The number of para-hydroxylation sites is 2. The lowest BCUT2D eigenvalue weighted by Gasteiger charge is -2.40. The summed E-state index contributed by atoms with van der Waals surface area (Å²) < 4.78 is 0. The Labute approximate surface area is 148 Å². The number of likely N-dealkylation sites (tertiary alicyclic amines) is 1. The van der Waals surface area contributed by atoms with Gasteiger partial charge in [-0.25, -0.2) is 4.98 Å². The molecule has 2 fully saturated rings. The van der Waals surface area contributed by atoms with Crippen molar-refractivity contribution < 1.29 is 10.2 Å². The largest absolute Gasteiger partial charge is 0.389 e. The third kappa shape index (κ3) is 3.58. The van der Waals surface area contributed by atoms with Gasteiger partial charge in [-0.05, 0) is 64.0 Å². The summed E-state index contributed by atoms with van der Waals surface area (Å²) in [6.45, 7) is 3.99. The summed E-state index contributed by atoms with van der Waals surface area (Å²) in [6.07, 6.45) is 2.66. The molecule has 0 bridgehead atoms. The third-order valence-corrected chi connectivity index (χ3v) is 5.90. The molecule has 4 N–H and O–H groups in total. The highest BCUT2D eigenvalue weighted by atomic mass is 16.3. The van der Waals surface area contributed by atoms with Crippen LogP contribution in [-0.4, -0.2) is 69.5 Å². The maximum Gasteiger partial charge on any atom is 0.110 e. The fourth-order valence-electron chi connectivity index (χ4n) is 4.16. The predicted octanol–water partition coefficient (Wildman–Crippen LogP) is 1.22. The van der Waals surface area contributed by atoms with Gasteiger partial charge in [-0.15, -0.1) is 0 Å². The van der Waals surface area contributed by atoms with Crippen LogP contribution in [0.1, 0.15) is 37.4 Å². The van der Waals surface area contributed by atoms with Gasteiger partial charge in [-0.2, -0.15) is 0 Å². The highest BCUT2D eigenvalue weighted by Gasteiger charge is 2.38. The molecule has 2 saturated heterocycles. The van der Waals surface area contributed by atoms with Crippen molar-refractivity contribution in [1.29, 1.82) is 0 Å². The van der Waals surface area contributed by atoms with Crippen LogP contribution in [0.4, 0.5) is 0 Å². The molecule has 0 saturated carbocycles. The minimum absolute atomic E-state index is 0.447. The van der Waals surface area contributed by atoms with E-state index in [1.807, 2.05) is 18.2 Å². The number of nitrogens with zero attached hydrogens (tertiary/aromatic N) is 2. The van der Waals surface area contributed by atoms with Crippen molar-refractivity contribution in [3.63, 3.8) is 0 Å². The first-order valence-electron chi connectivity index (χ1n) is 9.42. The first kappa shape index (κ1) is 17.0.